The second-order valence-electron chi connectivity index (χ2n) is 4.94. The lowest BCUT2D eigenvalue weighted by Crippen LogP contribution is -2.31. The molecule has 2 aromatic rings. The molecule has 2 rings (SSSR count). The summed E-state index contributed by atoms with van der Waals surface area (Å²) in [6.45, 7) is 2.62. The van der Waals surface area contributed by atoms with Gasteiger partial charge < -0.3 is 10.1 Å². The predicted octanol–water partition coefficient (Wildman–Crippen LogP) is 2.15. The molecule has 1 aromatic heterocycles. The molecule has 112 valence electrons. The lowest BCUT2D eigenvalue weighted by atomic mass is 10.1. The molecule has 5 nitrogen and oxygen atoms in total. The van der Waals surface area contributed by atoms with E-state index in [0.717, 1.165) is 24.1 Å². The highest BCUT2D eigenvalue weighted by atomic mass is 16.5. The van der Waals surface area contributed by atoms with Crippen LogP contribution < -0.4 is 5.32 Å². The molecule has 2 N–H and O–H groups in total. The predicted molar refractivity (Wildman–Crippen MR) is 80.8 cm³/mol. The first-order valence-electron chi connectivity index (χ1n) is 7.06. The highest BCUT2D eigenvalue weighted by molar-refractivity contribution is 5.82. The van der Waals surface area contributed by atoms with Gasteiger partial charge in [0.05, 0.1) is 6.20 Å². The van der Waals surface area contributed by atoms with Crippen molar-refractivity contribution in [1.29, 1.82) is 0 Å². The van der Waals surface area contributed by atoms with E-state index in [9.17, 15) is 4.79 Å². The molecule has 1 heterocycles. The summed E-state index contributed by atoms with van der Waals surface area (Å²) in [6, 6.07) is 9.50. The molecule has 21 heavy (non-hydrogen) atoms. The Bertz CT molecular complexity index is 566. The molecule has 1 aromatic carbocycles. The molecule has 0 saturated carbocycles. The Morgan fingerprint density at radius 1 is 1.38 bits per heavy atom. The number of nitrogens with zero attached hydrogens (tertiary/aromatic N) is 1. The first-order valence-corrected chi connectivity index (χ1v) is 7.06. The van der Waals surface area contributed by atoms with Gasteiger partial charge in [0.2, 0.25) is 0 Å². The number of carbonyl (C=O) groups is 1. The molecule has 0 aliphatic heterocycles. The van der Waals surface area contributed by atoms with Crippen LogP contribution in [-0.4, -0.2) is 29.8 Å². The first kappa shape index (κ1) is 15.3. The second-order valence-corrected chi connectivity index (χ2v) is 4.94. The SMILES string of the molecule is COC(C(=O)NCCCc1cn[nH]c1C)c1ccccc1. The second kappa shape index (κ2) is 7.59. The van der Waals surface area contributed by atoms with Gasteiger partial charge in [-0.25, -0.2) is 0 Å². The molecule has 1 unspecified atom stereocenters. The molecule has 0 fully saturated rings. The monoisotopic (exact) mass is 287 g/mol. The van der Waals surface area contributed by atoms with Gasteiger partial charge in [-0.15, -0.1) is 0 Å². The largest absolute Gasteiger partial charge is 0.367 e. The number of H-pyrrole nitrogens is 1. The van der Waals surface area contributed by atoms with Gasteiger partial charge >= 0.3 is 0 Å². The standard InChI is InChI=1S/C16H21N3O2/c1-12-14(11-18-19-12)9-6-10-17-16(20)15(21-2)13-7-4-3-5-8-13/h3-5,7-8,11,15H,6,9-10H2,1-2H3,(H,17,20)(H,18,19). The minimum Gasteiger partial charge on any atom is -0.367 e. The molecule has 0 bridgehead atoms. The Kier molecular flexibility index (Phi) is 5.51. The number of nitrogens with one attached hydrogen (secondary N) is 2. The summed E-state index contributed by atoms with van der Waals surface area (Å²) >= 11 is 0. The van der Waals surface area contributed by atoms with Crippen molar-refractivity contribution >= 4 is 5.91 Å². The highest BCUT2D eigenvalue weighted by Crippen LogP contribution is 2.16. The van der Waals surface area contributed by atoms with Crippen molar-refractivity contribution in [3.8, 4) is 0 Å². The Morgan fingerprint density at radius 2 is 2.14 bits per heavy atom. The molecule has 0 radical (unpaired) electrons. The van der Waals surface area contributed by atoms with Crippen LogP contribution in [0.2, 0.25) is 0 Å². The fraction of sp³-hybridized carbons (Fsp3) is 0.375. The van der Waals surface area contributed by atoms with E-state index >= 15 is 0 Å². The van der Waals surface area contributed by atoms with Crippen LogP contribution in [0, 0.1) is 6.92 Å². The van der Waals surface area contributed by atoms with Gasteiger partial charge in [0.15, 0.2) is 6.10 Å². The van der Waals surface area contributed by atoms with Crippen LogP contribution in [0.25, 0.3) is 0 Å². The van der Waals surface area contributed by atoms with E-state index in [2.05, 4.69) is 15.5 Å². The maximum Gasteiger partial charge on any atom is 0.253 e. The Balaban J connectivity index is 1.79. The topological polar surface area (TPSA) is 67.0 Å². The van der Waals surface area contributed by atoms with E-state index in [1.165, 1.54) is 5.56 Å². The van der Waals surface area contributed by atoms with Gasteiger partial charge in [0.1, 0.15) is 0 Å². The normalized spacial score (nSPS) is 12.1. The summed E-state index contributed by atoms with van der Waals surface area (Å²) in [6.07, 6.45) is 3.05. The van der Waals surface area contributed by atoms with Gasteiger partial charge in [-0.05, 0) is 30.9 Å². The number of carbonyl (C=O) groups excluding carboxylic acids is 1. The van der Waals surface area contributed by atoms with Gasteiger partial charge in [-0.3, -0.25) is 9.89 Å². The van der Waals surface area contributed by atoms with Crippen LogP contribution in [0.1, 0.15) is 29.3 Å². The van der Waals surface area contributed by atoms with Crippen molar-refractivity contribution in [3.63, 3.8) is 0 Å². The lowest BCUT2D eigenvalue weighted by molar-refractivity contribution is -0.131. The van der Waals surface area contributed by atoms with Crippen LogP contribution in [-0.2, 0) is 16.0 Å². The highest BCUT2D eigenvalue weighted by Gasteiger charge is 2.18. The molecular formula is C16H21N3O2. The zero-order valence-electron chi connectivity index (χ0n) is 12.4. The minimum atomic E-state index is -0.554. The van der Waals surface area contributed by atoms with Gasteiger partial charge in [0.25, 0.3) is 5.91 Å². The Hall–Kier alpha value is -2.14. The fourth-order valence-electron chi connectivity index (χ4n) is 2.23. The number of aromatic nitrogens is 2. The third-order valence-electron chi connectivity index (χ3n) is 3.43. The average Bonchev–Trinajstić information content (AvgIpc) is 2.91. The average molecular weight is 287 g/mol. The van der Waals surface area contributed by atoms with E-state index in [0.29, 0.717) is 6.54 Å². The molecule has 1 amide bonds. The van der Waals surface area contributed by atoms with Crippen LogP contribution in [0.15, 0.2) is 36.5 Å². The zero-order valence-corrected chi connectivity index (χ0v) is 12.4. The molecule has 5 heteroatoms. The zero-order chi connectivity index (χ0) is 15.1. The number of rotatable bonds is 7. The van der Waals surface area contributed by atoms with Crippen molar-refractivity contribution < 1.29 is 9.53 Å². The van der Waals surface area contributed by atoms with Crippen LogP contribution in [0.5, 0.6) is 0 Å². The number of aromatic amines is 1. The fourth-order valence-corrected chi connectivity index (χ4v) is 2.23. The van der Waals surface area contributed by atoms with E-state index in [1.807, 2.05) is 43.5 Å². The summed E-state index contributed by atoms with van der Waals surface area (Å²) in [7, 11) is 1.55. The molecule has 0 spiro atoms. The smallest absolute Gasteiger partial charge is 0.253 e. The van der Waals surface area contributed by atoms with Crippen molar-refractivity contribution in [1.82, 2.24) is 15.5 Å². The van der Waals surface area contributed by atoms with E-state index in [-0.39, 0.29) is 5.91 Å². The number of benzene rings is 1. The number of hydrogen-bond acceptors (Lipinski definition) is 3. The number of ether oxygens (including phenoxy) is 1. The maximum absolute atomic E-state index is 12.1. The lowest BCUT2D eigenvalue weighted by Gasteiger charge is -2.15. The van der Waals surface area contributed by atoms with Crippen molar-refractivity contribution in [2.24, 2.45) is 0 Å². The molecule has 0 saturated heterocycles. The van der Waals surface area contributed by atoms with Crippen molar-refractivity contribution in [3.05, 3.63) is 53.3 Å². The molecular weight excluding hydrogens is 266 g/mol. The van der Waals surface area contributed by atoms with Gasteiger partial charge in [0, 0.05) is 19.3 Å². The molecule has 0 aliphatic rings. The van der Waals surface area contributed by atoms with Gasteiger partial charge in [-0.1, -0.05) is 30.3 Å². The van der Waals surface area contributed by atoms with Gasteiger partial charge in [-0.2, -0.15) is 5.10 Å². The van der Waals surface area contributed by atoms with Crippen LogP contribution in [0.3, 0.4) is 0 Å². The summed E-state index contributed by atoms with van der Waals surface area (Å²) in [5.41, 5.74) is 3.14. The van der Waals surface area contributed by atoms with Crippen molar-refractivity contribution in [2.45, 2.75) is 25.9 Å². The summed E-state index contributed by atoms with van der Waals surface area (Å²) < 4.78 is 5.29. The van der Waals surface area contributed by atoms with Crippen molar-refractivity contribution in [2.75, 3.05) is 13.7 Å². The molecule has 0 aliphatic carbocycles. The number of aryl methyl sites for hydroxylation is 2. The van der Waals surface area contributed by atoms with Crippen LogP contribution in [0.4, 0.5) is 0 Å². The van der Waals surface area contributed by atoms with E-state index in [1.54, 1.807) is 7.11 Å². The number of methoxy groups -OCH3 is 1. The first-order chi connectivity index (χ1) is 10.2. The van der Waals surface area contributed by atoms with E-state index in [4.69, 9.17) is 4.74 Å². The third-order valence-corrected chi connectivity index (χ3v) is 3.43. The molecule has 1 atom stereocenters. The summed E-state index contributed by atoms with van der Waals surface area (Å²) in [5.74, 6) is -0.104. The number of amides is 1. The number of hydrogen-bond donors (Lipinski definition) is 2. The minimum absolute atomic E-state index is 0.104. The maximum atomic E-state index is 12.1. The summed E-state index contributed by atoms with van der Waals surface area (Å²) in [4.78, 5) is 12.1. The van der Waals surface area contributed by atoms with E-state index < -0.39 is 6.10 Å². The quantitative estimate of drug-likeness (QED) is 0.767. The van der Waals surface area contributed by atoms with Crippen LogP contribution >= 0.6 is 0 Å². The third kappa shape index (κ3) is 4.16. The Labute approximate surface area is 124 Å². The summed E-state index contributed by atoms with van der Waals surface area (Å²) in [5, 5.41) is 9.81. The Morgan fingerprint density at radius 3 is 2.76 bits per heavy atom.